The molecule has 2 saturated heterocycles. The number of nitrogen functional groups attached to an aromatic ring is 1. The minimum Gasteiger partial charge on any atom is -0.493 e. The highest BCUT2D eigenvalue weighted by molar-refractivity contribution is 8.17. The molecule has 0 radical (unpaired) electrons. The molecule has 2 amide bonds. The first-order valence-electron chi connectivity index (χ1n) is 15.5. The van der Waals surface area contributed by atoms with Crippen LogP contribution in [0.3, 0.4) is 0 Å². The SMILES string of the molecule is CCSC(SCC)[C@@H]1CCCN1C(=O)c1cc(CO)c(OCCOc2ccc(C=CC(=O)N3CCOCC3)cc2OC)cc1N. The van der Waals surface area contributed by atoms with Gasteiger partial charge in [0.25, 0.3) is 5.91 Å². The fourth-order valence-electron chi connectivity index (χ4n) is 5.43. The van der Waals surface area contributed by atoms with E-state index in [1.54, 1.807) is 48.4 Å². The van der Waals surface area contributed by atoms with E-state index in [9.17, 15) is 14.7 Å². The second kappa shape index (κ2) is 17.6. The third kappa shape index (κ3) is 9.25. The summed E-state index contributed by atoms with van der Waals surface area (Å²) in [4.78, 5) is 29.8. The maximum absolute atomic E-state index is 13.7. The highest BCUT2D eigenvalue weighted by Gasteiger charge is 2.36. The third-order valence-corrected chi connectivity index (χ3v) is 10.5. The predicted molar refractivity (Wildman–Crippen MR) is 181 cm³/mol. The number of morpholine rings is 1. The average molecular weight is 660 g/mol. The van der Waals surface area contributed by atoms with Gasteiger partial charge in [-0.25, -0.2) is 0 Å². The molecular weight excluding hydrogens is 615 g/mol. The molecule has 2 aromatic rings. The number of amides is 2. The van der Waals surface area contributed by atoms with E-state index < -0.39 is 0 Å². The Balaban J connectivity index is 1.35. The number of anilines is 1. The van der Waals surface area contributed by atoms with Gasteiger partial charge in [0.15, 0.2) is 11.5 Å². The topological polar surface area (TPSA) is 124 Å². The van der Waals surface area contributed by atoms with Crippen molar-refractivity contribution in [2.75, 3.05) is 70.4 Å². The number of nitrogens with zero attached hydrogens (tertiary/aromatic N) is 2. The summed E-state index contributed by atoms with van der Waals surface area (Å²) in [7, 11) is 1.56. The second-order valence-electron chi connectivity index (χ2n) is 10.6. The van der Waals surface area contributed by atoms with Crippen molar-refractivity contribution in [1.29, 1.82) is 0 Å². The van der Waals surface area contributed by atoms with Crippen molar-refractivity contribution in [2.45, 2.75) is 43.9 Å². The van der Waals surface area contributed by atoms with Crippen molar-refractivity contribution < 1.29 is 33.6 Å². The number of benzene rings is 2. The lowest BCUT2D eigenvalue weighted by atomic mass is 10.1. The number of aliphatic hydroxyl groups is 1. The zero-order chi connectivity index (χ0) is 32.2. The summed E-state index contributed by atoms with van der Waals surface area (Å²) in [6.45, 7) is 7.37. The van der Waals surface area contributed by atoms with Gasteiger partial charge < -0.3 is 39.6 Å². The first-order valence-corrected chi connectivity index (χ1v) is 17.6. The Labute approximate surface area is 274 Å². The molecule has 0 unspecified atom stereocenters. The van der Waals surface area contributed by atoms with E-state index in [1.807, 2.05) is 34.5 Å². The largest absolute Gasteiger partial charge is 0.493 e. The Bertz CT molecular complexity index is 1310. The third-order valence-electron chi connectivity index (χ3n) is 7.70. The van der Waals surface area contributed by atoms with Gasteiger partial charge in [-0.15, -0.1) is 23.5 Å². The number of hydrogen-bond donors (Lipinski definition) is 2. The quantitative estimate of drug-likeness (QED) is 0.122. The van der Waals surface area contributed by atoms with E-state index in [2.05, 4.69) is 13.8 Å². The van der Waals surface area contributed by atoms with Gasteiger partial charge in [-0.05, 0) is 54.2 Å². The van der Waals surface area contributed by atoms with E-state index in [0.717, 1.165) is 29.9 Å². The Kier molecular flexibility index (Phi) is 13.6. The molecule has 2 fully saturated rings. The normalized spacial score (nSPS) is 16.9. The predicted octanol–water partition coefficient (Wildman–Crippen LogP) is 4.54. The standard InChI is InChI=1S/C33H45N3O7S2/c1-4-44-33(45-5-2)27-7-6-12-36(27)32(39)25-20-24(22-37)29(21-26(25)34)43-18-17-42-28-10-8-23(19-30(28)40-3)9-11-31(38)35-13-15-41-16-14-35/h8-11,19-21,27,33,37H,4-7,12-18,22,34H2,1-3H3/t27-/m0/s1. The molecule has 2 aromatic carbocycles. The number of hydrogen-bond acceptors (Lipinski definition) is 10. The van der Waals surface area contributed by atoms with Crippen LogP contribution < -0.4 is 19.9 Å². The number of thioether (sulfide) groups is 2. The number of carbonyl (C=O) groups excluding carboxylic acids is 2. The van der Waals surface area contributed by atoms with Crippen molar-refractivity contribution >= 4 is 47.1 Å². The lowest BCUT2D eigenvalue weighted by Gasteiger charge is -2.31. The van der Waals surface area contributed by atoms with Gasteiger partial charge in [0.1, 0.15) is 19.0 Å². The van der Waals surface area contributed by atoms with Gasteiger partial charge in [-0.2, -0.15) is 0 Å². The average Bonchev–Trinajstić information content (AvgIpc) is 3.56. The van der Waals surface area contributed by atoms with Crippen molar-refractivity contribution in [3.63, 3.8) is 0 Å². The van der Waals surface area contributed by atoms with Crippen LogP contribution in [0.15, 0.2) is 36.4 Å². The molecule has 1 atom stereocenters. The van der Waals surface area contributed by atoms with Crippen LogP contribution in [0, 0.1) is 0 Å². The zero-order valence-electron chi connectivity index (χ0n) is 26.4. The molecule has 12 heteroatoms. The number of rotatable bonds is 15. The molecule has 45 heavy (non-hydrogen) atoms. The van der Waals surface area contributed by atoms with Crippen molar-refractivity contribution in [3.05, 3.63) is 53.1 Å². The smallest absolute Gasteiger partial charge is 0.256 e. The monoisotopic (exact) mass is 659 g/mol. The van der Waals surface area contributed by atoms with Crippen LogP contribution in [-0.2, 0) is 16.1 Å². The maximum Gasteiger partial charge on any atom is 0.256 e. The van der Waals surface area contributed by atoms with E-state index in [0.29, 0.717) is 71.5 Å². The molecule has 2 aliphatic rings. The lowest BCUT2D eigenvalue weighted by molar-refractivity contribution is -0.129. The van der Waals surface area contributed by atoms with E-state index in [-0.39, 0.29) is 37.7 Å². The van der Waals surface area contributed by atoms with E-state index in [1.165, 1.54) is 0 Å². The van der Waals surface area contributed by atoms with Crippen LogP contribution >= 0.6 is 23.5 Å². The summed E-state index contributed by atoms with van der Waals surface area (Å²) in [5.74, 6) is 3.30. The lowest BCUT2D eigenvalue weighted by Crippen LogP contribution is -2.41. The number of carbonyl (C=O) groups is 2. The molecule has 2 heterocycles. The number of nitrogens with two attached hydrogens (primary N) is 1. The Morgan fingerprint density at radius 1 is 1.04 bits per heavy atom. The molecule has 0 bridgehead atoms. The highest BCUT2D eigenvalue weighted by Crippen LogP contribution is 2.37. The van der Waals surface area contributed by atoms with Crippen LogP contribution in [-0.4, -0.2) is 102 Å². The number of ether oxygens (including phenoxy) is 4. The summed E-state index contributed by atoms with van der Waals surface area (Å²) >= 11 is 3.77. The van der Waals surface area contributed by atoms with Crippen LogP contribution in [0.1, 0.15) is 48.2 Å². The Morgan fingerprint density at radius 3 is 2.42 bits per heavy atom. The summed E-state index contributed by atoms with van der Waals surface area (Å²) in [5.41, 5.74) is 8.39. The molecular formula is C33H45N3O7S2. The van der Waals surface area contributed by atoms with Gasteiger partial charge in [0, 0.05) is 43.0 Å². The van der Waals surface area contributed by atoms with Crippen molar-refractivity contribution in [3.8, 4) is 17.2 Å². The molecule has 4 rings (SSSR count). The summed E-state index contributed by atoms with van der Waals surface area (Å²) in [6, 6.07) is 8.84. The van der Waals surface area contributed by atoms with Crippen LogP contribution in [0.5, 0.6) is 17.2 Å². The van der Waals surface area contributed by atoms with Crippen LogP contribution in [0.4, 0.5) is 5.69 Å². The molecule has 10 nitrogen and oxygen atoms in total. The Hall–Kier alpha value is -3.06. The van der Waals surface area contributed by atoms with Gasteiger partial charge in [0.05, 0.1) is 43.1 Å². The summed E-state index contributed by atoms with van der Waals surface area (Å²) < 4.78 is 23.0. The molecule has 2 aliphatic heterocycles. The van der Waals surface area contributed by atoms with Gasteiger partial charge >= 0.3 is 0 Å². The van der Waals surface area contributed by atoms with Gasteiger partial charge in [-0.3, -0.25) is 9.59 Å². The highest BCUT2D eigenvalue weighted by atomic mass is 32.2. The number of methoxy groups -OCH3 is 1. The summed E-state index contributed by atoms with van der Waals surface area (Å²) in [6.07, 6.45) is 5.24. The minimum absolute atomic E-state index is 0.0546. The van der Waals surface area contributed by atoms with E-state index in [4.69, 9.17) is 24.7 Å². The molecule has 0 saturated carbocycles. The molecule has 0 aromatic heterocycles. The van der Waals surface area contributed by atoms with Gasteiger partial charge in [0.2, 0.25) is 5.91 Å². The molecule has 0 spiro atoms. The van der Waals surface area contributed by atoms with Crippen molar-refractivity contribution in [1.82, 2.24) is 9.80 Å². The van der Waals surface area contributed by atoms with Gasteiger partial charge in [-0.1, -0.05) is 19.9 Å². The van der Waals surface area contributed by atoms with E-state index >= 15 is 0 Å². The molecule has 0 aliphatic carbocycles. The minimum atomic E-state index is -0.295. The first-order chi connectivity index (χ1) is 21.9. The number of likely N-dealkylation sites (tertiary alicyclic amines) is 1. The van der Waals surface area contributed by atoms with Crippen LogP contribution in [0.2, 0.25) is 0 Å². The molecule has 246 valence electrons. The fraction of sp³-hybridized carbons (Fsp3) is 0.515. The Morgan fingerprint density at radius 2 is 1.76 bits per heavy atom. The summed E-state index contributed by atoms with van der Waals surface area (Å²) in [5, 5.41) is 10.1. The molecule has 3 N–H and O–H groups in total. The van der Waals surface area contributed by atoms with Crippen molar-refractivity contribution in [2.24, 2.45) is 0 Å². The zero-order valence-corrected chi connectivity index (χ0v) is 28.0. The van der Waals surface area contributed by atoms with Crippen LogP contribution in [0.25, 0.3) is 6.08 Å². The first kappa shape index (κ1) is 34.8. The number of aliphatic hydroxyl groups excluding tert-OH is 1. The fourth-order valence-corrected chi connectivity index (χ4v) is 8.30. The second-order valence-corrected chi connectivity index (χ2v) is 13.7. The maximum atomic E-state index is 13.7.